The molecule has 0 atom stereocenters. The van der Waals surface area contributed by atoms with Crippen molar-refractivity contribution in [1.82, 2.24) is 4.90 Å². The number of nitrogens with two attached hydrogens (primary N) is 1. The maximum absolute atomic E-state index is 12.1. The van der Waals surface area contributed by atoms with E-state index < -0.39 is 5.60 Å². The molecule has 1 saturated heterocycles. The van der Waals surface area contributed by atoms with Crippen molar-refractivity contribution < 1.29 is 9.90 Å². The first-order valence-electron chi connectivity index (χ1n) is 7.58. The number of aliphatic hydroxyl groups is 1. The molecule has 1 fully saturated rings. The summed E-state index contributed by atoms with van der Waals surface area (Å²) in [5.41, 5.74) is 6.86. The molecular formula is C17H27IN2O2. The summed E-state index contributed by atoms with van der Waals surface area (Å²) in [7, 11) is 0. The quantitative estimate of drug-likeness (QED) is 0.450. The molecule has 0 saturated carbocycles. The van der Waals surface area contributed by atoms with E-state index in [0.717, 1.165) is 31.6 Å². The number of nitrogen functional groups attached to an aromatic ring is 1. The van der Waals surface area contributed by atoms with Gasteiger partial charge < -0.3 is 15.7 Å². The summed E-state index contributed by atoms with van der Waals surface area (Å²) in [6.45, 7) is 4.88. The van der Waals surface area contributed by atoms with Gasteiger partial charge in [-0.2, -0.15) is 0 Å². The Morgan fingerprint density at radius 2 is 1.77 bits per heavy atom. The zero-order valence-electron chi connectivity index (χ0n) is 13.7. The van der Waals surface area contributed by atoms with E-state index in [-0.39, 0.29) is 12.3 Å². The van der Waals surface area contributed by atoms with Crippen molar-refractivity contribution in [2.75, 3.05) is 23.8 Å². The number of halogens is 1. The third kappa shape index (κ3) is 6.12. The number of carbonyl (C=O) groups excluding carboxylic acids is 1. The second kappa shape index (κ2) is 8.72. The molecule has 1 aromatic carbocycles. The van der Waals surface area contributed by atoms with E-state index >= 15 is 0 Å². The van der Waals surface area contributed by atoms with Gasteiger partial charge >= 0.3 is 0 Å². The third-order valence-corrected chi connectivity index (χ3v) is 3.84. The molecule has 0 unspecified atom stereocenters. The highest BCUT2D eigenvalue weighted by atomic mass is 127. The van der Waals surface area contributed by atoms with Crippen LogP contribution in [0.15, 0.2) is 24.3 Å². The average molecular weight is 418 g/mol. The molecule has 1 aliphatic heterocycles. The number of anilines is 1. The molecule has 4 nitrogen and oxygen atoms in total. The SMILES string of the molecule is CC(C)(O)CC(=O)N1CCC(c2ccc(N)cc2)CC1.CI. The fraction of sp³-hybridized carbons (Fsp3) is 0.588. The van der Waals surface area contributed by atoms with E-state index in [9.17, 15) is 9.90 Å². The van der Waals surface area contributed by atoms with Crippen LogP contribution in [0.3, 0.4) is 0 Å². The Balaban J connectivity index is 0.00000116. The second-order valence-corrected chi connectivity index (χ2v) is 6.31. The zero-order chi connectivity index (χ0) is 16.8. The van der Waals surface area contributed by atoms with Crippen molar-refractivity contribution in [1.29, 1.82) is 0 Å². The predicted molar refractivity (Wildman–Crippen MR) is 100 cm³/mol. The molecule has 2 rings (SSSR count). The average Bonchev–Trinajstić information content (AvgIpc) is 2.48. The summed E-state index contributed by atoms with van der Waals surface area (Å²) in [6.07, 6.45) is 2.14. The molecule has 3 N–H and O–H groups in total. The highest BCUT2D eigenvalue weighted by Crippen LogP contribution is 2.29. The van der Waals surface area contributed by atoms with Gasteiger partial charge in [0.25, 0.3) is 0 Å². The Bertz CT molecular complexity index is 461. The van der Waals surface area contributed by atoms with Crippen LogP contribution in [0.1, 0.15) is 44.6 Å². The van der Waals surface area contributed by atoms with Gasteiger partial charge in [-0.3, -0.25) is 4.79 Å². The number of piperidine rings is 1. The van der Waals surface area contributed by atoms with Crippen LogP contribution in [0, 0.1) is 0 Å². The number of rotatable bonds is 3. The normalized spacial score (nSPS) is 16.0. The van der Waals surface area contributed by atoms with Crippen LogP contribution in [0.25, 0.3) is 0 Å². The van der Waals surface area contributed by atoms with E-state index in [1.807, 2.05) is 22.0 Å². The summed E-state index contributed by atoms with van der Waals surface area (Å²) in [4.78, 5) is 15.9. The number of likely N-dealkylation sites (tertiary alicyclic amines) is 1. The number of hydrogen-bond donors (Lipinski definition) is 2. The van der Waals surface area contributed by atoms with Crippen LogP contribution in [-0.4, -0.2) is 39.5 Å². The summed E-state index contributed by atoms with van der Waals surface area (Å²) in [6, 6.07) is 8.02. The standard InChI is InChI=1S/C16H24N2O2.CH3I/c1-16(2,20)11-15(19)18-9-7-13(8-10-18)12-3-5-14(17)6-4-12;1-2/h3-6,13,20H,7-11,17H2,1-2H3;1H3. The molecule has 1 aromatic rings. The van der Waals surface area contributed by atoms with Gasteiger partial charge in [0.2, 0.25) is 5.91 Å². The van der Waals surface area contributed by atoms with Crippen molar-refractivity contribution in [2.45, 2.75) is 44.6 Å². The maximum atomic E-state index is 12.1. The van der Waals surface area contributed by atoms with E-state index in [1.54, 1.807) is 13.8 Å². The highest BCUT2D eigenvalue weighted by molar-refractivity contribution is 14.1. The Morgan fingerprint density at radius 1 is 1.27 bits per heavy atom. The fourth-order valence-electron chi connectivity index (χ4n) is 2.71. The number of benzene rings is 1. The fourth-order valence-corrected chi connectivity index (χ4v) is 2.71. The third-order valence-electron chi connectivity index (χ3n) is 3.84. The molecule has 0 spiro atoms. The topological polar surface area (TPSA) is 66.6 Å². The predicted octanol–water partition coefficient (Wildman–Crippen LogP) is 3.19. The van der Waals surface area contributed by atoms with Crippen LogP contribution >= 0.6 is 22.6 Å². The van der Waals surface area contributed by atoms with Crippen molar-refractivity contribution in [3.8, 4) is 0 Å². The summed E-state index contributed by atoms with van der Waals surface area (Å²) < 4.78 is 0. The molecule has 5 heteroatoms. The van der Waals surface area contributed by atoms with Crippen LogP contribution in [0.4, 0.5) is 5.69 Å². The minimum absolute atomic E-state index is 0.0493. The first-order valence-corrected chi connectivity index (χ1v) is 9.74. The molecule has 0 radical (unpaired) electrons. The van der Waals surface area contributed by atoms with E-state index in [2.05, 4.69) is 34.7 Å². The number of carbonyl (C=O) groups is 1. The number of hydrogen-bond acceptors (Lipinski definition) is 3. The maximum Gasteiger partial charge on any atom is 0.225 e. The van der Waals surface area contributed by atoms with Gasteiger partial charge in [-0.1, -0.05) is 34.7 Å². The molecule has 1 heterocycles. The van der Waals surface area contributed by atoms with Gasteiger partial charge in [0, 0.05) is 18.8 Å². The van der Waals surface area contributed by atoms with Crippen LogP contribution in [-0.2, 0) is 4.79 Å². The van der Waals surface area contributed by atoms with Crippen molar-refractivity contribution in [2.24, 2.45) is 0 Å². The number of nitrogens with zero attached hydrogens (tertiary/aromatic N) is 1. The van der Waals surface area contributed by atoms with Gasteiger partial charge in [-0.05, 0) is 55.2 Å². The van der Waals surface area contributed by atoms with Crippen molar-refractivity contribution in [3.63, 3.8) is 0 Å². The first kappa shape index (κ1) is 19.2. The largest absolute Gasteiger partial charge is 0.399 e. The van der Waals surface area contributed by atoms with Crippen LogP contribution in [0.2, 0.25) is 0 Å². The van der Waals surface area contributed by atoms with E-state index in [1.165, 1.54) is 5.56 Å². The van der Waals surface area contributed by atoms with Crippen LogP contribution < -0.4 is 5.73 Å². The van der Waals surface area contributed by atoms with Crippen molar-refractivity contribution in [3.05, 3.63) is 29.8 Å². The Hall–Kier alpha value is -0.820. The monoisotopic (exact) mass is 418 g/mol. The highest BCUT2D eigenvalue weighted by Gasteiger charge is 2.27. The smallest absolute Gasteiger partial charge is 0.225 e. The molecule has 1 amide bonds. The van der Waals surface area contributed by atoms with Gasteiger partial charge in [0.05, 0.1) is 12.0 Å². The molecule has 22 heavy (non-hydrogen) atoms. The minimum atomic E-state index is -0.926. The minimum Gasteiger partial charge on any atom is -0.399 e. The molecule has 0 aliphatic carbocycles. The number of alkyl halides is 1. The van der Waals surface area contributed by atoms with Gasteiger partial charge in [0.15, 0.2) is 0 Å². The summed E-state index contributed by atoms with van der Waals surface area (Å²) in [5, 5.41) is 9.72. The molecule has 124 valence electrons. The van der Waals surface area contributed by atoms with E-state index in [4.69, 9.17) is 5.73 Å². The molecule has 1 aliphatic rings. The lowest BCUT2D eigenvalue weighted by Crippen LogP contribution is -2.41. The lowest BCUT2D eigenvalue weighted by molar-refractivity contribution is -0.136. The number of amides is 1. The molecule has 0 aromatic heterocycles. The Morgan fingerprint density at radius 3 is 2.23 bits per heavy atom. The molecule has 0 bridgehead atoms. The van der Waals surface area contributed by atoms with E-state index in [0.29, 0.717) is 5.92 Å². The summed E-state index contributed by atoms with van der Waals surface area (Å²) >= 11 is 2.15. The van der Waals surface area contributed by atoms with Gasteiger partial charge in [-0.25, -0.2) is 0 Å². The molecular weight excluding hydrogens is 391 g/mol. The lowest BCUT2D eigenvalue weighted by atomic mass is 9.89. The van der Waals surface area contributed by atoms with Crippen LogP contribution in [0.5, 0.6) is 0 Å². The van der Waals surface area contributed by atoms with Gasteiger partial charge in [0.1, 0.15) is 0 Å². The van der Waals surface area contributed by atoms with Gasteiger partial charge in [-0.15, -0.1) is 0 Å². The first-order chi connectivity index (χ1) is 10.3. The lowest BCUT2D eigenvalue weighted by Gasteiger charge is -2.33. The second-order valence-electron chi connectivity index (χ2n) is 6.31. The summed E-state index contributed by atoms with van der Waals surface area (Å²) in [5.74, 6) is 0.551. The zero-order valence-corrected chi connectivity index (χ0v) is 15.8. The Labute approximate surface area is 147 Å². The Kier molecular flexibility index (Phi) is 7.62. The van der Waals surface area contributed by atoms with Crippen molar-refractivity contribution >= 4 is 34.2 Å².